The third-order valence-corrected chi connectivity index (χ3v) is 4.26. The molecule has 0 radical (unpaired) electrons. The van der Waals surface area contributed by atoms with Gasteiger partial charge in [-0.25, -0.2) is 9.78 Å². The maximum absolute atomic E-state index is 12.9. The van der Waals surface area contributed by atoms with Gasteiger partial charge in [-0.3, -0.25) is 9.36 Å². The van der Waals surface area contributed by atoms with E-state index in [1.165, 1.54) is 10.9 Å². The number of hydrogen-bond donors (Lipinski definition) is 1. The number of hydrogen-bond acceptors (Lipinski definition) is 4. The largest absolute Gasteiger partial charge is 0.480 e. The third kappa shape index (κ3) is 3.31. The first-order valence-corrected chi connectivity index (χ1v) is 8.35. The van der Waals surface area contributed by atoms with Gasteiger partial charge in [-0.2, -0.15) is 0 Å². The van der Waals surface area contributed by atoms with Crippen LogP contribution >= 0.6 is 0 Å². The minimum atomic E-state index is -1.06. The van der Waals surface area contributed by atoms with E-state index in [1.54, 1.807) is 32.0 Å². The SMILES string of the molecule is Cc1ccccc1Oc1ccc2ncn([C@@H](C(=O)O)C(C)C)c(=O)c2c1. The Morgan fingerprint density at radius 1 is 1.19 bits per heavy atom. The summed E-state index contributed by atoms with van der Waals surface area (Å²) in [5, 5.41) is 9.79. The molecule has 0 aliphatic heterocycles. The molecule has 2 aromatic carbocycles. The maximum Gasteiger partial charge on any atom is 0.327 e. The van der Waals surface area contributed by atoms with Gasteiger partial charge in [0, 0.05) is 0 Å². The molecule has 1 atom stereocenters. The molecule has 0 amide bonds. The number of carboxylic acid groups (broad SMARTS) is 1. The van der Waals surface area contributed by atoms with Crippen LogP contribution in [-0.4, -0.2) is 20.6 Å². The average Bonchev–Trinajstić information content (AvgIpc) is 2.59. The van der Waals surface area contributed by atoms with Gasteiger partial charge in [0.25, 0.3) is 5.56 Å². The lowest BCUT2D eigenvalue weighted by Gasteiger charge is -2.19. The van der Waals surface area contributed by atoms with Crippen molar-refractivity contribution in [2.24, 2.45) is 5.92 Å². The van der Waals surface area contributed by atoms with Gasteiger partial charge in [0.1, 0.15) is 17.5 Å². The molecule has 26 heavy (non-hydrogen) atoms. The lowest BCUT2D eigenvalue weighted by atomic mass is 10.0. The predicted molar refractivity (Wildman–Crippen MR) is 98.8 cm³/mol. The smallest absolute Gasteiger partial charge is 0.327 e. The van der Waals surface area contributed by atoms with Crippen molar-refractivity contribution >= 4 is 16.9 Å². The van der Waals surface area contributed by atoms with E-state index >= 15 is 0 Å². The molecule has 6 heteroatoms. The highest BCUT2D eigenvalue weighted by Gasteiger charge is 2.25. The van der Waals surface area contributed by atoms with Gasteiger partial charge in [-0.1, -0.05) is 32.0 Å². The summed E-state index contributed by atoms with van der Waals surface area (Å²) in [5.74, 6) is -0.118. The Morgan fingerprint density at radius 3 is 2.58 bits per heavy atom. The van der Waals surface area contributed by atoms with E-state index in [4.69, 9.17) is 4.74 Å². The Morgan fingerprint density at radius 2 is 1.92 bits per heavy atom. The van der Waals surface area contributed by atoms with Gasteiger partial charge in [0.2, 0.25) is 0 Å². The number of carbonyl (C=O) groups is 1. The van der Waals surface area contributed by atoms with Crippen LogP contribution in [0.25, 0.3) is 10.9 Å². The van der Waals surface area contributed by atoms with Crippen molar-refractivity contribution < 1.29 is 14.6 Å². The van der Waals surface area contributed by atoms with Crippen molar-refractivity contribution in [2.75, 3.05) is 0 Å². The topological polar surface area (TPSA) is 81.4 Å². The molecule has 0 unspecified atom stereocenters. The average molecular weight is 352 g/mol. The summed E-state index contributed by atoms with van der Waals surface area (Å²) in [4.78, 5) is 28.7. The summed E-state index contributed by atoms with van der Waals surface area (Å²) in [5.41, 5.74) is 1.07. The number of carboxylic acids is 1. The number of nitrogens with zero attached hydrogens (tertiary/aromatic N) is 2. The molecule has 0 saturated carbocycles. The lowest BCUT2D eigenvalue weighted by Crippen LogP contribution is -2.33. The molecule has 0 aliphatic carbocycles. The maximum atomic E-state index is 12.9. The molecule has 0 aliphatic rings. The van der Waals surface area contributed by atoms with Gasteiger partial charge in [-0.05, 0) is 42.7 Å². The number of aromatic nitrogens is 2. The lowest BCUT2D eigenvalue weighted by molar-refractivity contribution is -0.142. The third-order valence-electron chi connectivity index (χ3n) is 4.26. The first-order chi connectivity index (χ1) is 12.4. The van der Waals surface area contributed by atoms with Crippen molar-refractivity contribution in [1.29, 1.82) is 0 Å². The number of para-hydroxylation sites is 1. The molecule has 3 rings (SSSR count). The van der Waals surface area contributed by atoms with Gasteiger partial charge in [0.15, 0.2) is 0 Å². The molecule has 3 aromatic rings. The number of fused-ring (bicyclic) bond motifs is 1. The minimum Gasteiger partial charge on any atom is -0.480 e. The van der Waals surface area contributed by atoms with Crippen LogP contribution in [0.5, 0.6) is 11.5 Å². The van der Waals surface area contributed by atoms with Crippen LogP contribution in [-0.2, 0) is 4.79 Å². The molecular formula is C20H20N2O4. The summed E-state index contributed by atoms with van der Waals surface area (Å²) in [6, 6.07) is 11.6. The van der Waals surface area contributed by atoms with Crippen molar-refractivity contribution in [3.05, 3.63) is 64.7 Å². The first-order valence-electron chi connectivity index (χ1n) is 8.35. The Labute approximate surface area is 150 Å². The Balaban J connectivity index is 2.08. The fourth-order valence-corrected chi connectivity index (χ4v) is 2.90. The highest BCUT2D eigenvalue weighted by atomic mass is 16.5. The van der Waals surface area contributed by atoms with E-state index in [9.17, 15) is 14.7 Å². The zero-order chi connectivity index (χ0) is 18.8. The monoisotopic (exact) mass is 352 g/mol. The molecule has 1 heterocycles. The standard InChI is InChI=1S/C20H20N2O4/c1-12(2)18(20(24)25)22-11-21-16-9-8-14(10-15(16)19(22)23)26-17-7-5-4-6-13(17)3/h4-12,18H,1-3H3,(H,24,25)/t18-/m1/s1. The molecule has 0 saturated heterocycles. The molecule has 0 fully saturated rings. The van der Waals surface area contributed by atoms with E-state index in [0.717, 1.165) is 5.56 Å². The molecule has 0 spiro atoms. The minimum absolute atomic E-state index is 0.254. The van der Waals surface area contributed by atoms with E-state index in [-0.39, 0.29) is 5.92 Å². The Kier molecular flexibility index (Phi) is 4.75. The summed E-state index contributed by atoms with van der Waals surface area (Å²) in [6.07, 6.45) is 1.30. The summed E-state index contributed by atoms with van der Waals surface area (Å²) >= 11 is 0. The molecule has 6 nitrogen and oxygen atoms in total. The summed E-state index contributed by atoms with van der Waals surface area (Å²) < 4.78 is 7.05. The van der Waals surface area contributed by atoms with Crippen molar-refractivity contribution in [1.82, 2.24) is 9.55 Å². The second-order valence-corrected chi connectivity index (χ2v) is 6.53. The summed E-state index contributed by atoms with van der Waals surface area (Å²) in [6.45, 7) is 5.45. The number of ether oxygens (including phenoxy) is 1. The Bertz CT molecular complexity index is 1020. The number of aryl methyl sites for hydroxylation is 1. The number of benzene rings is 2. The quantitative estimate of drug-likeness (QED) is 0.756. The first kappa shape index (κ1) is 17.7. The fourth-order valence-electron chi connectivity index (χ4n) is 2.90. The van der Waals surface area contributed by atoms with Gasteiger partial charge >= 0.3 is 5.97 Å². The van der Waals surface area contributed by atoms with E-state index in [2.05, 4.69) is 4.98 Å². The fraction of sp³-hybridized carbons (Fsp3) is 0.250. The highest BCUT2D eigenvalue weighted by molar-refractivity contribution is 5.80. The molecular weight excluding hydrogens is 332 g/mol. The van der Waals surface area contributed by atoms with Crippen LogP contribution < -0.4 is 10.3 Å². The van der Waals surface area contributed by atoms with Crippen LogP contribution in [0.15, 0.2) is 53.6 Å². The normalized spacial score (nSPS) is 12.3. The van der Waals surface area contributed by atoms with Gasteiger partial charge in [-0.15, -0.1) is 0 Å². The van der Waals surface area contributed by atoms with Crippen LogP contribution in [0.4, 0.5) is 0 Å². The molecule has 1 aromatic heterocycles. The van der Waals surface area contributed by atoms with Crippen molar-refractivity contribution in [3.8, 4) is 11.5 Å². The molecule has 134 valence electrons. The highest BCUT2D eigenvalue weighted by Crippen LogP contribution is 2.26. The second-order valence-electron chi connectivity index (χ2n) is 6.53. The van der Waals surface area contributed by atoms with Crippen molar-refractivity contribution in [3.63, 3.8) is 0 Å². The summed E-state index contributed by atoms with van der Waals surface area (Å²) in [7, 11) is 0. The van der Waals surface area contributed by atoms with E-state index in [0.29, 0.717) is 22.4 Å². The Hall–Kier alpha value is -3.15. The molecule has 1 N–H and O–H groups in total. The van der Waals surface area contributed by atoms with E-state index in [1.807, 2.05) is 31.2 Å². The van der Waals surface area contributed by atoms with Gasteiger partial charge in [0.05, 0.1) is 17.2 Å². The van der Waals surface area contributed by atoms with E-state index < -0.39 is 17.6 Å². The van der Waals surface area contributed by atoms with Crippen LogP contribution in [0.3, 0.4) is 0 Å². The van der Waals surface area contributed by atoms with Gasteiger partial charge < -0.3 is 9.84 Å². The van der Waals surface area contributed by atoms with Crippen molar-refractivity contribution in [2.45, 2.75) is 26.8 Å². The molecule has 0 bridgehead atoms. The number of aliphatic carboxylic acids is 1. The zero-order valence-corrected chi connectivity index (χ0v) is 14.8. The van der Waals surface area contributed by atoms with Crippen LogP contribution in [0, 0.1) is 12.8 Å². The number of rotatable bonds is 5. The second kappa shape index (κ2) is 7.00. The van der Waals surface area contributed by atoms with Crippen LogP contribution in [0.2, 0.25) is 0 Å². The van der Waals surface area contributed by atoms with Crippen LogP contribution in [0.1, 0.15) is 25.5 Å². The predicted octanol–water partition coefficient (Wildman–Crippen LogP) is 3.78. The zero-order valence-electron chi connectivity index (χ0n) is 14.8.